The average Bonchev–Trinajstić information content (AvgIpc) is 2.43. The van der Waals surface area contributed by atoms with Gasteiger partial charge in [-0.1, -0.05) is 24.8 Å². The molecule has 2 nitrogen and oxygen atoms in total. The summed E-state index contributed by atoms with van der Waals surface area (Å²) in [4.78, 5) is 0. The highest BCUT2D eigenvalue weighted by molar-refractivity contribution is 5.52. The van der Waals surface area contributed by atoms with Crippen LogP contribution < -0.4 is 5.73 Å². The van der Waals surface area contributed by atoms with E-state index in [0.717, 1.165) is 16.7 Å². The van der Waals surface area contributed by atoms with Gasteiger partial charge in [0.25, 0.3) is 0 Å². The number of rotatable bonds is 1. The van der Waals surface area contributed by atoms with Crippen molar-refractivity contribution < 1.29 is 5.11 Å². The first-order valence-electron chi connectivity index (χ1n) is 4.41. The molecule has 0 saturated carbocycles. The lowest BCUT2D eigenvalue weighted by atomic mass is 10.0. The molecule has 0 radical (unpaired) electrons. The lowest BCUT2D eigenvalue weighted by Gasteiger charge is -2.08. The second-order valence-electron chi connectivity index (χ2n) is 3.46. The minimum Gasteiger partial charge on any atom is -0.391 e. The lowest BCUT2D eigenvalue weighted by molar-refractivity contribution is 0.158. The molecule has 0 spiro atoms. The first-order chi connectivity index (χ1) is 6.22. The Kier molecular flexibility index (Phi) is 1.94. The van der Waals surface area contributed by atoms with Crippen molar-refractivity contribution in [1.29, 1.82) is 0 Å². The van der Waals surface area contributed by atoms with Gasteiger partial charge in [-0.2, -0.15) is 0 Å². The fourth-order valence-corrected chi connectivity index (χ4v) is 1.80. The van der Waals surface area contributed by atoms with Crippen LogP contribution in [0.3, 0.4) is 0 Å². The van der Waals surface area contributed by atoms with Gasteiger partial charge >= 0.3 is 0 Å². The zero-order valence-corrected chi connectivity index (χ0v) is 7.40. The van der Waals surface area contributed by atoms with Crippen LogP contribution in [-0.4, -0.2) is 11.2 Å². The van der Waals surface area contributed by atoms with E-state index in [9.17, 15) is 5.11 Å². The molecule has 13 heavy (non-hydrogen) atoms. The summed E-state index contributed by atoms with van der Waals surface area (Å²) in [6.45, 7) is 3.70. The van der Waals surface area contributed by atoms with Crippen LogP contribution in [0.2, 0.25) is 0 Å². The molecule has 0 amide bonds. The van der Waals surface area contributed by atoms with Crippen molar-refractivity contribution in [3.63, 3.8) is 0 Å². The molecule has 0 aromatic heterocycles. The van der Waals surface area contributed by atoms with Gasteiger partial charge in [-0.3, -0.25) is 0 Å². The number of fused-ring (bicyclic) bond motifs is 1. The minimum atomic E-state index is -0.421. The minimum absolute atomic E-state index is 0.227. The van der Waals surface area contributed by atoms with Crippen molar-refractivity contribution in [3.8, 4) is 0 Å². The van der Waals surface area contributed by atoms with Crippen LogP contribution in [-0.2, 0) is 6.42 Å². The van der Waals surface area contributed by atoms with Crippen molar-refractivity contribution in [3.05, 3.63) is 41.5 Å². The third-order valence-electron chi connectivity index (χ3n) is 2.61. The lowest BCUT2D eigenvalue weighted by Crippen LogP contribution is -2.21. The van der Waals surface area contributed by atoms with E-state index < -0.39 is 6.10 Å². The summed E-state index contributed by atoms with van der Waals surface area (Å²) < 4.78 is 0. The second kappa shape index (κ2) is 2.98. The van der Waals surface area contributed by atoms with Gasteiger partial charge in [0.05, 0.1) is 12.1 Å². The van der Waals surface area contributed by atoms with Crippen molar-refractivity contribution in [2.75, 3.05) is 0 Å². The molecule has 1 aliphatic rings. The van der Waals surface area contributed by atoms with Crippen LogP contribution in [0, 0.1) is 0 Å². The van der Waals surface area contributed by atoms with Gasteiger partial charge in [-0.15, -0.1) is 0 Å². The fourth-order valence-electron chi connectivity index (χ4n) is 1.80. The summed E-state index contributed by atoms with van der Waals surface area (Å²) in [6, 6.07) is 5.79. The highest BCUT2D eigenvalue weighted by Crippen LogP contribution is 2.30. The van der Waals surface area contributed by atoms with E-state index in [1.807, 2.05) is 18.2 Å². The average molecular weight is 175 g/mol. The molecule has 2 rings (SSSR count). The first-order valence-corrected chi connectivity index (χ1v) is 4.41. The van der Waals surface area contributed by atoms with Gasteiger partial charge in [0.2, 0.25) is 0 Å². The fraction of sp³-hybridized carbons (Fsp3) is 0.273. The largest absolute Gasteiger partial charge is 0.391 e. The summed E-state index contributed by atoms with van der Waals surface area (Å²) in [5.41, 5.74) is 9.11. The van der Waals surface area contributed by atoms with E-state index in [1.54, 1.807) is 6.08 Å². The van der Waals surface area contributed by atoms with Crippen LogP contribution in [0.4, 0.5) is 0 Å². The molecule has 1 aromatic carbocycles. The van der Waals surface area contributed by atoms with Crippen LogP contribution in [0.15, 0.2) is 24.8 Å². The molecule has 0 aliphatic heterocycles. The Labute approximate surface area is 77.7 Å². The zero-order valence-electron chi connectivity index (χ0n) is 7.40. The molecule has 1 aromatic rings. The highest BCUT2D eigenvalue weighted by atomic mass is 16.3. The van der Waals surface area contributed by atoms with E-state index in [4.69, 9.17) is 5.73 Å². The van der Waals surface area contributed by atoms with Crippen molar-refractivity contribution in [1.82, 2.24) is 0 Å². The molecule has 3 N–H and O–H groups in total. The van der Waals surface area contributed by atoms with Crippen LogP contribution in [0.25, 0.3) is 6.08 Å². The highest BCUT2D eigenvalue weighted by Gasteiger charge is 2.27. The number of aliphatic hydroxyl groups is 1. The maximum absolute atomic E-state index is 9.53. The number of nitrogens with two attached hydrogens (primary N) is 1. The van der Waals surface area contributed by atoms with Gasteiger partial charge < -0.3 is 10.8 Å². The third-order valence-corrected chi connectivity index (χ3v) is 2.61. The van der Waals surface area contributed by atoms with Crippen LogP contribution in [0.5, 0.6) is 0 Å². The number of hydrogen-bond donors (Lipinski definition) is 2. The van der Waals surface area contributed by atoms with E-state index in [-0.39, 0.29) is 6.04 Å². The van der Waals surface area contributed by atoms with E-state index in [0.29, 0.717) is 6.42 Å². The molecule has 1 unspecified atom stereocenters. The Balaban J connectivity index is 2.47. The van der Waals surface area contributed by atoms with Crippen molar-refractivity contribution in [2.24, 2.45) is 5.73 Å². The Hall–Kier alpha value is -1.12. The Morgan fingerprint density at radius 3 is 3.00 bits per heavy atom. The zero-order chi connectivity index (χ0) is 9.42. The number of aliphatic hydroxyl groups excluding tert-OH is 1. The van der Waals surface area contributed by atoms with Gasteiger partial charge in [-0.05, 0) is 22.8 Å². The normalized spacial score (nSPS) is 25.7. The van der Waals surface area contributed by atoms with Crippen LogP contribution >= 0.6 is 0 Å². The molecule has 0 fully saturated rings. The van der Waals surface area contributed by atoms with E-state index in [1.165, 1.54) is 0 Å². The summed E-state index contributed by atoms with van der Waals surface area (Å²) in [5.74, 6) is 0. The maximum atomic E-state index is 9.53. The van der Waals surface area contributed by atoms with Gasteiger partial charge in [0, 0.05) is 6.42 Å². The quantitative estimate of drug-likeness (QED) is 0.674. The van der Waals surface area contributed by atoms with Gasteiger partial charge in [-0.25, -0.2) is 0 Å². The molecular formula is C11H13NO. The molecule has 2 heteroatoms. The molecule has 68 valence electrons. The topological polar surface area (TPSA) is 46.2 Å². The van der Waals surface area contributed by atoms with Gasteiger partial charge in [0.1, 0.15) is 0 Å². The summed E-state index contributed by atoms with van der Waals surface area (Å²) in [6.07, 6.45) is 2.04. The second-order valence-corrected chi connectivity index (χ2v) is 3.46. The molecule has 0 saturated heterocycles. The standard InChI is InChI=1S/C11H13NO/c1-2-7-3-4-8-6-10(13)11(12)9(8)5-7/h2-5,10-11,13H,1,6,12H2/t10?,11-/m1/s1. The molecule has 2 atom stereocenters. The SMILES string of the molecule is C=Cc1ccc2c(c1)[C@@H](N)C(O)C2. The molecular weight excluding hydrogens is 162 g/mol. The predicted octanol–water partition coefficient (Wildman–Crippen LogP) is 1.25. The van der Waals surface area contributed by atoms with E-state index in [2.05, 4.69) is 6.58 Å². The number of hydrogen-bond acceptors (Lipinski definition) is 2. The summed E-state index contributed by atoms with van der Waals surface area (Å²) >= 11 is 0. The van der Waals surface area contributed by atoms with Crippen molar-refractivity contribution >= 4 is 6.08 Å². The monoisotopic (exact) mass is 175 g/mol. The molecule has 0 bridgehead atoms. The Bertz CT molecular complexity index is 346. The number of benzene rings is 1. The maximum Gasteiger partial charge on any atom is 0.0773 e. The molecule has 1 aliphatic carbocycles. The van der Waals surface area contributed by atoms with Crippen molar-refractivity contribution in [2.45, 2.75) is 18.6 Å². The van der Waals surface area contributed by atoms with Crippen LogP contribution in [0.1, 0.15) is 22.7 Å². The predicted molar refractivity (Wildman–Crippen MR) is 53.2 cm³/mol. The smallest absolute Gasteiger partial charge is 0.0773 e. The Morgan fingerprint density at radius 1 is 1.54 bits per heavy atom. The van der Waals surface area contributed by atoms with Gasteiger partial charge in [0.15, 0.2) is 0 Å². The summed E-state index contributed by atoms with van der Waals surface area (Å²) in [5, 5.41) is 9.53. The third kappa shape index (κ3) is 1.28. The Morgan fingerprint density at radius 2 is 2.31 bits per heavy atom. The molecule has 0 heterocycles. The summed E-state index contributed by atoms with van der Waals surface area (Å²) in [7, 11) is 0. The van der Waals surface area contributed by atoms with E-state index >= 15 is 0 Å². The first kappa shape index (κ1) is 8.48.